The van der Waals surface area contributed by atoms with Crippen molar-refractivity contribution in [2.75, 3.05) is 6.54 Å². The van der Waals surface area contributed by atoms with E-state index in [1.807, 2.05) is 19.3 Å². The molecule has 0 amide bonds. The van der Waals surface area contributed by atoms with Crippen LogP contribution >= 0.6 is 0 Å². The molecule has 0 bridgehead atoms. The van der Waals surface area contributed by atoms with Crippen LogP contribution in [0.3, 0.4) is 0 Å². The smallest absolute Gasteiger partial charge is 0.312 e. The van der Waals surface area contributed by atoms with Crippen molar-refractivity contribution in [1.29, 1.82) is 0 Å². The number of aryl methyl sites for hydroxylation is 1. The van der Waals surface area contributed by atoms with Crippen molar-refractivity contribution in [3.63, 3.8) is 0 Å². The molecule has 90 valence electrons. The molecule has 1 fully saturated rings. The average Bonchev–Trinajstić information content (AvgIpc) is 2.90. The molecule has 2 rings (SSSR count). The average molecular weight is 223 g/mol. The molecule has 0 radical (unpaired) electrons. The van der Waals surface area contributed by atoms with Gasteiger partial charge in [0.2, 0.25) is 0 Å². The SMILES string of the molecule is CCn1ccn(CCNC2CCCC2)c1=O. The Bertz CT molecular complexity index is 374. The third kappa shape index (κ3) is 2.55. The number of nitrogens with one attached hydrogen (secondary N) is 1. The monoisotopic (exact) mass is 223 g/mol. The van der Waals surface area contributed by atoms with Gasteiger partial charge in [-0.05, 0) is 19.8 Å². The molecule has 0 aliphatic heterocycles. The first kappa shape index (κ1) is 11.5. The lowest BCUT2D eigenvalue weighted by molar-refractivity contribution is 0.489. The first-order valence-electron chi connectivity index (χ1n) is 6.30. The molecule has 0 spiro atoms. The predicted molar refractivity (Wildman–Crippen MR) is 64.6 cm³/mol. The summed E-state index contributed by atoms with van der Waals surface area (Å²) in [6, 6.07) is 0.684. The van der Waals surface area contributed by atoms with Gasteiger partial charge in [-0.15, -0.1) is 0 Å². The van der Waals surface area contributed by atoms with Gasteiger partial charge in [0.1, 0.15) is 0 Å². The molecule has 4 nitrogen and oxygen atoms in total. The third-order valence-corrected chi connectivity index (χ3v) is 3.40. The Balaban J connectivity index is 1.80. The van der Waals surface area contributed by atoms with Gasteiger partial charge in [-0.1, -0.05) is 12.8 Å². The summed E-state index contributed by atoms with van der Waals surface area (Å²) in [5, 5.41) is 3.52. The number of imidazole rings is 1. The van der Waals surface area contributed by atoms with Crippen LogP contribution in [0.2, 0.25) is 0 Å². The van der Waals surface area contributed by atoms with Crippen molar-refractivity contribution < 1.29 is 0 Å². The summed E-state index contributed by atoms with van der Waals surface area (Å²) in [5.74, 6) is 0. The van der Waals surface area contributed by atoms with Crippen LogP contribution < -0.4 is 11.0 Å². The zero-order valence-electron chi connectivity index (χ0n) is 9.98. The van der Waals surface area contributed by atoms with E-state index in [2.05, 4.69) is 5.32 Å². The summed E-state index contributed by atoms with van der Waals surface area (Å²) < 4.78 is 3.51. The van der Waals surface area contributed by atoms with E-state index in [9.17, 15) is 4.79 Å². The van der Waals surface area contributed by atoms with E-state index >= 15 is 0 Å². The van der Waals surface area contributed by atoms with Gasteiger partial charge in [0.15, 0.2) is 0 Å². The summed E-state index contributed by atoms with van der Waals surface area (Å²) in [7, 11) is 0. The standard InChI is InChI=1S/C12H21N3O/c1-2-14-9-10-15(12(14)16)8-7-13-11-5-3-4-6-11/h9-11,13H,2-8H2,1H3. The van der Waals surface area contributed by atoms with Crippen LogP contribution in [0.4, 0.5) is 0 Å². The Morgan fingerprint density at radius 1 is 1.31 bits per heavy atom. The molecule has 1 aromatic heterocycles. The number of nitrogens with zero attached hydrogens (tertiary/aromatic N) is 2. The van der Waals surface area contributed by atoms with E-state index in [0.29, 0.717) is 6.04 Å². The molecule has 16 heavy (non-hydrogen) atoms. The first-order valence-corrected chi connectivity index (χ1v) is 6.30. The first-order chi connectivity index (χ1) is 7.81. The fourth-order valence-electron chi connectivity index (χ4n) is 2.38. The zero-order chi connectivity index (χ0) is 11.4. The maximum Gasteiger partial charge on any atom is 0.328 e. The highest BCUT2D eigenvalue weighted by Gasteiger charge is 2.13. The molecular weight excluding hydrogens is 202 g/mol. The summed E-state index contributed by atoms with van der Waals surface area (Å²) >= 11 is 0. The highest BCUT2D eigenvalue weighted by molar-refractivity contribution is 4.81. The van der Waals surface area contributed by atoms with Crippen molar-refractivity contribution in [2.24, 2.45) is 0 Å². The van der Waals surface area contributed by atoms with Gasteiger partial charge in [-0.25, -0.2) is 4.79 Å². The minimum absolute atomic E-state index is 0.107. The minimum atomic E-state index is 0.107. The van der Waals surface area contributed by atoms with Crippen molar-refractivity contribution >= 4 is 0 Å². The van der Waals surface area contributed by atoms with Gasteiger partial charge < -0.3 is 5.32 Å². The van der Waals surface area contributed by atoms with Crippen molar-refractivity contribution in [1.82, 2.24) is 14.5 Å². The highest BCUT2D eigenvalue weighted by atomic mass is 16.1. The largest absolute Gasteiger partial charge is 0.328 e. The van der Waals surface area contributed by atoms with Crippen LogP contribution in [0.1, 0.15) is 32.6 Å². The van der Waals surface area contributed by atoms with Crippen molar-refractivity contribution in [3.8, 4) is 0 Å². The van der Waals surface area contributed by atoms with Crippen LogP contribution in [0.25, 0.3) is 0 Å². The Kier molecular flexibility index (Phi) is 3.83. The number of aromatic nitrogens is 2. The number of rotatable bonds is 5. The second kappa shape index (κ2) is 5.34. The summed E-state index contributed by atoms with van der Waals surface area (Å²) in [5.41, 5.74) is 0.107. The van der Waals surface area contributed by atoms with E-state index in [-0.39, 0.29) is 5.69 Å². The fourth-order valence-corrected chi connectivity index (χ4v) is 2.38. The van der Waals surface area contributed by atoms with E-state index in [0.717, 1.165) is 19.6 Å². The van der Waals surface area contributed by atoms with Gasteiger partial charge in [-0.2, -0.15) is 0 Å². The van der Waals surface area contributed by atoms with Gasteiger partial charge in [-0.3, -0.25) is 9.13 Å². The second-order valence-corrected chi connectivity index (χ2v) is 4.50. The topological polar surface area (TPSA) is 39.0 Å². The van der Waals surface area contributed by atoms with Crippen LogP contribution in [-0.2, 0) is 13.1 Å². The molecule has 1 N–H and O–H groups in total. The normalized spacial score (nSPS) is 17.1. The molecule has 1 aromatic rings. The highest BCUT2D eigenvalue weighted by Crippen LogP contribution is 2.17. The quantitative estimate of drug-likeness (QED) is 0.814. The van der Waals surface area contributed by atoms with Crippen molar-refractivity contribution in [2.45, 2.75) is 51.7 Å². The van der Waals surface area contributed by atoms with E-state index < -0.39 is 0 Å². The molecule has 1 saturated carbocycles. The Morgan fingerprint density at radius 3 is 2.62 bits per heavy atom. The van der Waals surface area contributed by atoms with Crippen LogP contribution in [0, 0.1) is 0 Å². The molecular formula is C12H21N3O. The summed E-state index contributed by atoms with van der Waals surface area (Å²) in [6.45, 7) is 4.42. The molecule has 0 unspecified atom stereocenters. The fraction of sp³-hybridized carbons (Fsp3) is 0.750. The number of hydrogen-bond donors (Lipinski definition) is 1. The maximum atomic E-state index is 11.7. The maximum absolute atomic E-state index is 11.7. The molecule has 4 heteroatoms. The molecule has 1 aliphatic carbocycles. The van der Waals surface area contributed by atoms with Gasteiger partial charge >= 0.3 is 5.69 Å². The molecule has 1 heterocycles. The zero-order valence-corrected chi connectivity index (χ0v) is 9.98. The van der Waals surface area contributed by atoms with E-state index in [1.54, 1.807) is 9.13 Å². The molecule has 1 aliphatic rings. The Hall–Kier alpha value is -1.03. The third-order valence-electron chi connectivity index (χ3n) is 3.40. The Morgan fingerprint density at radius 2 is 2.00 bits per heavy atom. The van der Waals surface area contributed by atoms with E-state index in [4.69, 9.17) is 0 Å². The second-order valence-electron chi connectivity index (χ2n) is 4.50. The lowest BCUT2D eigenvalue weighted by Gasteiger charge is -2.11. The van der Waals surface area contributed by atoms with Crippen LogP contribution in [0.15, 0.2) is 17.2 Å². The lowest BCUT2D eigenvalue weighted by atomic mass is 10.2. The lowest BCUT2D eigenvalue weighted by Crippen LogP contribution is -2.32. The van der Waals surface area contributed by atoms with Crippen LogP contribution in [-0.4, -0.2) is 21.7 Å². The summed E-state index contributed by atoms with van der Waals surface area (Å²) in [6.07, 6.45) is 9.03. The minimum Gasteiger partial charge on any atom is -0.312 e. The molecule has 0 atom stereocenters. The van der Waals surface area contributed by atoms with Crippen molar-refractivity contribution in [3.05, 3.63) is 22.9 Å². The van der Waals surface area contributed by atoms with Gasteiger partial charge in [0.05, 0.1) is 0 Å². The molecule has 0 saturated heterocycles. The van der Waals surface area contributed by atoms with E-state index in [1.165, 1.54) is 25.7 Å². The summed E-state index contributed by atoms with van der Waals surface area (Å²) in [4.78, 5) is 11.7. The van der Waals surface area contributed by atoms with Gasteiger partial charge in [0.25, 0.3) is 0 Å². The van der Waals surface area contributed by atoms with Crippen LogP contribution in [0.5, 0.6) is 0 Å². The molecule has 0 aromatic carbocycles. The number of hydrogen-bond acceptors (Lipinski definition) is 2. The predicted octanol–water partition coefficient (Wildman–Crippen LogP) is 1.20. The van der Waals surface area contributed by atoms with Gasteiger partial charge in [0, 0.05) is 38.1 Å². The Labute approximate surface area is 96.3 Å².